The minimum atomic E-state index is -0.239. The molecule has 0 spiro atoms. The Labute approximate surface area is 174 Å². The monoisotopic (exact) mass is 406 g/mol. The van der Waals surface area contributed by atoms with Crippen LogP contribution in [0.25, 0.3) is 0 Å². The molecular weight excluding hydrogens is 383 g/mol. The van der Waals surface area contributed by atoms with E-state index in [-0.39, 0.29) is 17.8 Å². The maximum atomic E-state index is 13.1. The average Bonchev–Trinajstić information content (AvgIpc) is 3.47. The number of amides is 1. The molecule has 2 aromatic heterocycles. The molecule has 0 saturated heterocycles. The average molecular weight is 406 g/mol. The van der Waals surface area contributed by atoms with Gasteiger partial charge in [0.05, 0.1) is 18.8 Å². The van der Waals surface area contributed by atoms with Gasteiger partial charge in [0.1, 0.15) is 11.5 Å². The molecule has 8 heteroatoms. The van der Waals surface area contributed by atoms with Crippen molar-refractivity contribution < 1.29 is 9.18 Å². The van der Waals surface area contributed by atoms with E-state index in [1.165, 1.54) is 25.0 Å². The van der Waals surface area contributed by atoms with E-state index in [0.29, 0.717) is 31.3 Å². The van der Waals surface area contributed by atoms with E-state index < -0.39 is 0 Å². The van der Waals surface area contributed by atoms with E-state index in [1.54, 1.807) is 24.4 Å². The Morgan fingerprint density at radius 2 is 1.93 bits per heavy atom. The van der Waals surface area contributed by atoms with E-state index >= 15 is 0 Å². The van der Waals surface area contributed by atoms with Crippen molar-refractivity contribution in [3.63, 3.8) is 0 Å². The summed E-state index contributed by atoms with van der Waals surface area (Å²) in [5.74, 6) is 0.167. The van der Waals surface area contributed by atoms with Crippen molar-refractivity contribution in [1.29, 1.82) is 0 Å². The Hall–Kier alpha value is -3.29. The van der Waals surface area contributed by atoms with Crippen LogP contribution >= 0.6 is 0 Å². The van der Waals surface area contributed by atoms with Crippen LogP contribution in [0.3, 0.4) is 0 Å². The molecule has 1 aromatic carbocycles. The zero-order valence-corrected chi connectivity index (χ0v) is 16.6. The summed E-state index contributed by atoms with van der Waals surface area (Å²) < 4.78 is 15.0. The normalized spacial score (nSPS) is 16.1. The fraction of sp³-hybridized carbons (Fsp3) is 0.364. The van der Waals surface area contributed by atoms with Crippen LogP contribution in [-0.4, -0.2) is 31.7 Å². The number of aromatic nitrogens is 4. The highest BCUT2D eigenvalue weighted by atomic mass is 19.1. The molecule has 1 saturated carbocycles. The molecule has 154 valence electrons. The third-order valence-electron chi connectivity index (χ3n) is 5.73. The lowest BCUT2D eigenvalue weighted by atomic mass is 10.2. The van der Waals surface area contributed by atoms with Crippen LogP contribution in [0.5, 0.6) is 0 Å². The van der Waals surface area contributed by atoms with Gasteiger partial charge >= 0.3 is 0 Å². The topological polar surface area (TPSA) is 75.9 Å². The summed E-state index contributed by atoms with van der Waals surface area (Å²) in [5, 5.41) is 7.73. The second kappa shape index (κ2) is 7.85. The van der Waals surface area contributed by atoms with Crippen molar-refractivity contribution >= 4 is 11.9 Å². The largest absolute Gasteiger partial charge is 0.348 e. The highest BCUT2D eigenvalue weighted by Crippen LogP contribution is 2.25. The lowest BCUT2D eigenvalue weighted by Gasteiger charge is -2.17. The molecule has 0 unspecified atom stereocenters. The second-order valence-corrected chi connectivity index (χ2v) is 7.98. The van der Waals surface area contributed by atoms with Crippen molar-refractivity contribution in [2.24, 2.45) is 0 Å². The highest BCUT2D eigenvalue weighted by molar-refractivity contribution is 5.92. The Morgan fingerprint density at radius 1 is 1.13 bits per heavy atom. The number of fused-ring (bicyclic) bond motifs is 1. The molecule has 3 heterocycles. The highest BCUT2D eigenvalue weighted by Gasteiger charge is 2.26. The number of nitrogens with zero attached hydrogens (tertiary/aromatic N) is 5. The summed E-state index contributed by atoms with van der Waals surface area (Å²) in [6.45, 7) is 1.84. The molecule has 1 N–H and O–H groups in total. The molecule has 0 bridgehead atoms. The van der Waals surface area contributed by atoms with Gasteiger partial charge in [0.25, 0.3) is 5.91 Å². The summed E-state index contributed by atoms with van der Waals surface area (Å²) in [7, 11) is 0. The van der Waals surface area contributed by atoms with Gasteiger partial charge < -0.3 is 10.2 Å². The van der Waals surface area contributed by atoms with E-state index in [9.17, 15) is 9.18 Å². The first-order chi connectivity index (χ1) is 14.6. The first-order valence-corrected chi connectivity index (χ1v) is 10.3. The van der Waals surface area contributed by atoms with Gasteiger partial charge in [0, 0.05) is 30.5 Å². The van der Waals surface area contributed by atoms with E-state index in [2.05, 4.69) is 20.4 Å². The van der Waals surface area contributed by atoms with Crippen LogP contribution in [0.2, 0.25) is 0 Å². The fourth-order valence-corrected chi connectivity index (χ4v) is 4.17. The predicted octanol–water partition coefficient (Wildman–Crippen LogP) is 3.05. The van der Waals surface area contributed by atoms with Crippen molar-refractivity contribution in [2.75, 3.05) is 4.90 Å². The van der Waals surface area contributed by atoms with Crippen LogP contribution in [0.1, 0.15) is 53.0 Å². The first kappa shape index (κ1) is 18.7. The number of hydrogen-bond acceptors (Lipinski definition) is 5. The number of benzene rings is 1. The molecule has 7 nitrogen and oxygen atoms in total. The Kier molecular flexibility index (Phi) is 4.90. The van der Waals surface area contributed by atoms with Crippen molar-refractivity contribution in [3.8, 4) is 0 Å². The Balaban J connectivity index is 1.25. The molecule has 1 aliphatic heterocycles. The maximum absolute atomic E-state index is 13.1. The summed E-state index contributed by atoms with van der Waals surface area (Å²) >= 11 is 0. The summed E-state index contributed by atoms with van der Waals surface area (Å²) in [4.78, 5) is 23.4. The third kappa shape index (κ3) is 3.90. The minimum Gasteiger partial charge on any atom is -0.348 e. The van der Waals surface area contributed by atoms with E-state index in [0.717, 1.165) is 29.7 Å². The second-order valence-electron chi connectivity index (χ2n) is 7.98. The SMILES string of the molecule is O=C(NC1CCCC1)c1ccnc(N2Cc3cn(Cc4ccc(F)cc4)nc3C2)n1. The number of rotatable bonds is 5. The molecule has 0 radical (unpaired) electrons. The number of hydrogen-bond donors (Lipinski definition) is 1. The molecular formula is C22H23FN6O. The number of carbonyl (C=O) groups is 1. The van der Waals surface area contributed by atoms with Gasteiger partial charge in [-0.15, -0.1) is 0 Å². The molecule has 1 fully saturated rings. The number of carbonyl (C=O) groups excluding carboxylic acids is 1. The van der Waals surface area contributed by atoms with E-state index in [1.807, 2.05) is 15.8 Å². The lowest BCUT2D eigenvalue weighted by Crippen LogP contribution is -2.33. The summed E-state index contributed by atoms with van der Waals surface area (Å²) in [6.07, 6.45) is 8.06. The summed E-state index contributed by atoms with van der Waals surface area (Å²) in [6, 6.07) is 8.37. The van der Waals surface area contributed by atoms with Gasteiger partial charge in [-0.05, 0) is 36.6 Å². The van der Waals surface area contributed by atoms with Crippen LogP contribution in [0, 0.1) is 5.82 Å². The number of halogens is 1. The molecule has 5 rings (SSSR count). The van der Waals surface area contributed by atoms with Crippen molar-refractivity contribution in [3.05, 3.63) is 71.1 Å². The Bertz CT molecular complexity index is 1030. The first-order valence-electron chi connectivity index (χ1n) is 10.3. The quantitative estimate of drug-likeness (QED) is 0.705. The standard InChI is InChI=1S/C22H23FN6O/c23-17-7-5-15(6-8-17)11-29-13-16-12-28(14-20(16)27-29)22-24-10-9-19(26-22)21(30)25-18-3-1-2-4-18/h5-10,13,18H,1-4,11-12,14H2,(H,25,30). The fourth-order valence-electron chi connectivity index (χ4n) is 4.17. The van der Waals surface area contributed by atoms with Crippen LogP contribution in [0.4, 0.5) is 10.3 Å². The van der Waals surface area contributed by atoms with Crippen molar-refractivity contribution in [1.82, 2.24) is 25.1 Å². The van der Waals surface area contributed by atoms with Gasteiger partial charge in [-0.2, -0.15) is 5.10 Å². The number of nitrogens with one attached hydrogen (secondary N) is 1. The molecule has 1 aliphatic carbocycles. The molecule has 0 atom stereocenters. The van der Waals surface area contributed by atoms with Crippen LogP contribution in [0.15, 0.2) is 42.7 Å². The van der Waals surface area contributed by atoms with Gasteiger partial charge in [-0.3, -0.25) is 9.48 Å². The van der Waals surface area contributed by atoms with Gasteiger partial charge in [0.15, 0.2) is 0 Å². The van der Waals surface area contributed by atoms with E-state index in [4.69, 9.17) is 0 Å². The van der Waals surface area contributed by atoms with Gasteiger partial charge in [-0.1, -0.05) is 25.0 Å². The molecule has 2 aliphatic rings. The lowest BCUT2D eigenvalue weighted by molar-refractivity contribution is 0.0932. The van der Waals surface area contributed by atoms with Crippen LogP contribution < -0.4 is 10.2 Å². The molecule has 30 heavy (non-hydrogen) atoms. The Morgan fingerprint density at radius 3 is 2.70 bits per heavy atom. The third-order valence-corrected chi connectivity index (χ3v) is 5.73. The van der Waals surface area contributed by atoms with Gasteiger partial charge in [-0.25, -0.2) is 14.4 Å². The molecule has 1 amide bonds. The smallest absolute Gasteiger partial charge is 0.270 e. The summed E-state index contributed by atoms with van der Waals surface area (Å²) in [5.41, 5.74) is 3.49. The minimum absolute atomic E-state index is 0.132. The zero-order chi connectivity index (χ0) is 20.5. The number of anilines is 1. The van der Waals surface area contributed by atoms with Crippen molar-refractivity contribution in [2.45, 2.75) is 51.4 Å². The molecule has 3 aromatic rings. The van der Waals surface area contributed by atoms with Gasteiger partial charge in [0.2, 0.25) is 5.95 Å². The zero-order valence-electron chi connectivity index (χ0n) is 16.6. The van der Waals surface area contributed by atoms with Crippen LogP contribution in [-0.2, 0) is 19.6 Å². The maximum Gasteiger partial charge on any atom is 0.270 e. The predicted molar refractivity (Wildman–Crippen MR) is 109 cm³/mol.